The number of carbonyl (C=O) groups is 2. The van der Waals surface area contributed by atoms with E-state index >= 15 is 0 Å². The van der Waals surface area contributed by atoms with Crippen molar-refractivity contribution in [1.82, 2.24) is 9.80 Å². The Labute approximate surface area is 131 Å². The predicted molar refractivity (Wildman–Crippen MR) is 80.3 cm³/mol. The van der Waals surface area contributed by atoms with E-state index in [-0.39, 0.29) is 23.8 Å². The maximum atomic E-state index is 12.1. The zero-order valence-electron chi connectivity index (χ0n) is 13.3. The molecule has 124 valence electrons. The van der Waals surface area contributed by atoms with Crippen LogP contribution in [-0.2, 0) is 19.1 Å². The molecule has 3 saturated heterocycles. The number of carbonyl (C=O) groups excluding carboxylic acids is 2. The standard InChI is InChI=1S/C16H26N2O4/c1-21-16(20)12-9-15(19)18(10-12)13-4-6-17(7-5-13)11-14-3-2-8-22-14/h12-14H,2-11H2,1H3. The Bertz CT molecular complexity index is 414. The lowest BCUT2D eigenvalue weighted by atomic mass is 10.0. The Balaban J connectivity index is 1.46. The molecule has 22 heavy (non-hydrogen) atoms. The summed E-state index contributed by atoms with van der Waals surface area (Å²) in [4.78, 5) is 28.1. The molecule has 0 saturated carbocycles. The first-order valence-corrected chi connectivity index (χ1v) is 8.38. The highest BCUT2D eigenvalue weighted by atomic mass is 16.5. The number of esters is 1. The molecule has 0 aromatic carbocycles. The molecular weight excluding hydrogens is 284 g/mol. The number of piperidine rings is 1. The third kappa shape index (κ3) is 3.43. The number of likely N-dealkylation sites (tertiary alicyclic amines) is 2. The second-order valence-corrected chi connectivity index (χ2v) is 6.64. The number of nitrogens with zero attached hydrogens (tertiary/aromatic N) is 2. The van der Waals surface area contributed by atoms with Gasteiger partial charge in [0.2, 0.25) is 5.91 Å². The van der Waals surface area contributed by atoms with Gasteiger partial charge in [-0.15, -0.1) is 0 Å². The normalized spacial score (nSPS) is 31.0. The minimum Gasteiger partial charge on any atom is -0.469 e. The molecule has 2 atom stereocenters. The van der Waals surface area contributed by atoms with Crippen LogP contribution in [0.15, 0.2) is 0 Å². The SMILES string of the molecule is COC(=O)C1CC(=O)N(C2CCN(CC3CCCO3)CC2)C1. The van der Waals surface area contributed by atoms with Gasteiger partial charge in [-0.1, -0.05) is 0 Å². The molecule has 6 nitrogen and oxygen atoms in total. The molecule has 3 aliphatic rings. The second kappa shape index (κ2) is 6.96. The van der Waals surface area contributed by atoms with Crippen LogP contribution in [0.3, 0.4) is 0 Å². The zero-order valence-corrected chi connectivity index (χ0v) is 13.3. The lowest BCUT2D eigenvalue weighted by molar-refractivity contribution is -0.145. The zero-order chi connectivity index (χ0) is 15.5. The van der Waals surface area contributed by atoms with Gasteiger partial charge in [-0.25, -0.2) is 0 Å². The van der Waals surface area contributed by atoms with Crippen molar-refractivity contribution in [3.05, 3.63) is 0 Å². The Hall–Kier alpha value is -1.14. The third-order valence-corrected chi connectivity index (χ3v) is 5.18. The van der Waals surface area contributed by atoms with Crippen LogP contribution < -0.4 is 0 Å². The number of amides is 1. The van der Waals surface area contributed by atoms with Crippen LogP contribution in [0.1, 0.15) is 32.1 Å². The van der Waals surface area contributed by atoms with Gasteiger partial charge in [-0.3, -0.25) is 9.59 Å². The van der Waals surface area contributed by atoms with Crippen molar-refractivity contribution >= 4 is 11.9 Å². The van der Waals surface area contributed by atoms with Gasteiger partial charge in [0.05, 0.1) is 19.1 Å². The molecule has 0 radical (unpaired) electrons. The van der Waals surface area contributed by atoms with E-state index in [1.165, 1.54) is 20.0 Å². The summed E-state index contributed by atoms with van der Waals surface area (Å²) in [5.74, 6) is -0.429. The van der Waals surface area contributed by atoms with Crippen LogP contribution in [-0.4, -0.2) is 73.7 Å². The highest BCUT2D eigenvalue weighted by molar-refractivity contribution is 5.87. The molecule has 3 aliphatic heterocycles. The number of hydrogen-bond donors (Lipinski definition) is 0. The van der Waals surface area contributed by atoms with E-state index < -0.39 is 0 Å². The van der Waals surface area contributed by atoms with Crippen molar-refractivity contribution in [2.24, 2.45) is 5.92 Å². The summed E-state index contributed by atoms with van der Waals surface area (Å²) < 4.78 is 10.5. The fourth-order valence-electron chi connectivity index (χ4n) is 3.90. The molecule has 6 heteroatoms. The highest BCUT2D eigenvalue weighted by Crippen LogP contribution is 2.26. The van der Waals surface area contributed by atoms with E-state index in [1.807, 2.05) is 4.90 Å². The third-order valence-electron chi connectivity index (χ3n) is 5.18. The topological polar surface area (TPSA) is 59.1 Å². The van der Waals surface area contributed by atoms with E-state index in [2.05, 4.69) is 4.90 Å². The van der Waals surface area contributed by atoms with E-state index in [9.17, 15) is 9.59 Å². The Kier molecular flexibility index (Phi) is 4.98. The fourth-order valence-corrected chi connectivity index (χ4v) is 3.90. The lowest BCUT2D eigenvalue weighted by Gasteiger charge is -2.37. The van der Waals surface area contributed by atoms with Crippen LogP contribution >= 0.6 is 0 Å². The van der Waals surface area contributed by atoms with Gasteiger partial charge in [-0.05, 0) is 25.7 Å². The second-order valence-electron chi connectivity index (χ2n) is 6.64. The maximum Gasteiger partial charge on any atom is 0.310 e. The highest BCUT2D eigenvalue weighted by Gasteiger charge is 2.39. The fraction of sp³-hybridized carbons (Fsp3) is 0.875. The van der Waals surface area contributed by atoms with Gasteiger partial charge in [-0.2, -0.15) is 0 Å². The summed E-state index contributed by atoms with van der Waals surface area (Å²) in [6.45, 7) is 4.47. The molecule has 0 bridgehead atoms. The summed E-state index contributed by atoms with van der Waals surface area (Å²) in [5.41, 5.74) is 0. The van der Waals surface area contributed by atoms with Crippen LogP contribution in [0.25, 0.3) is 0 Å². The van der Waals surface area contributed by atoms with Crippen LogP contribution in [0.4, 0.5) is 0 Å². The summed E-state index contributed by atoms with van der Waals surface area (Å²) in [6.07, 6.45) is 5.04. The summed E-state index contributed by atoms with van der Waals surface area (Å²) in [7, 11) is 1.39. The van der Waals surface area contributed by atoms with Gasteiger partial charge in [0.1, 0.15) is 0 Å². The first kappa shape index (κ1) is 15.7. The first-order chi connectivity index (χ1) is 10.7. The van der Waals surface area contributed by atoms with E-state index in [0.29, 0.717) is 19.1 Å². The molecule has 0 aliphatic carbocycles. The monoisotopic (exact) mass is 310 g/mol. The molecule has 3 fully saturated rings. The van der Waals surface area contributed by atoms with Crippen molar-refractivity contribution in [3.63, 3.8) is 0 Å². The molecule has 0 N–H and O–H groups in total. The van der Waals surface area contributed by atoms with E-state index in [0.717, 1.165) is 39.1 Å². The maximum absolute atomic E-state index is 12.1. The van der Waals surface area contributed by atoms with Crippen molar-refractivity contribution in [3.8, 4) is 0 Å². The minimum absolute atomic E-state index is 0.105. The smallest absolute Gasteiger partial charge is 0.310 e. The molecule has 0 aromatic heterocycles. The number of ether oxygens (including phenoxy) is 2. The van der Waals surface area contributed by atoms with Crippen molar-refractivity contribution in [2.45, 2.75) is 44.2 Å². The molecule has 1 amide bonds. The van der Waals surface area contributed by atoms with Crippen LogP contribution in [0.5, 0.6) is 0 Å². The predicted octanol–water partition coefficient (Wildman–Crippen LogP) is 0.651. The van der Waals surface area contributed by atoms with Gasteiger partial charge in [0.25, 0.3) is 0 Å². The van der Waals surface area contributed by atoms with Gasteiger partial charge in [0.15, 0.2) is 0 Å². The van der Waals surface area contributed by atoms with Crippen molar-refractivity contribution < 1.29 is 19.1 Å². The van der Waals surface area contributed by atoms with Crippen molar-refractivity contribution in [1.29, 1.82) is 0 Å². The van der Waals surface area contributed by atoms with Gasteiger partial charge in [0, 0.05) is 45.2 Å². The molecule has 0 spiro atoms. The molecule has 3 heterocycles. The summed E-state index contributed by atoms with van der Waals surface area (Å²) in [6, 6.07) is 0.280. The number of hydrogen-bond acceptors (Lipinski definition) is 5. The Morgan fingerprint density at radius 3 is 2.73 bits per heavy atom. The summed E-state index contributed by atoms with van der Waals surface area (Å²) in [5, 5.41) is 0. The summed E-state index contributed by atoms with van der Waals surface area (Å²) >= 11 is 0. The Morgan fingerprint density at radius 1 is 1.32 bits per heavy atom. The molecule has 3 rings (SSSR count). The average Bonchev–Trinajstić information content (AvgIpc) is 3.17. The molecular formula is C16H26N2O4. The molecule has 2 unspecified atom stereocenters. The lowest BCUT2D eigenvalue weighted by Crippen LogP contribution is -2.47. The first-order valence-electron chi connectivity index (χ1n) is 8.38. The largest absolute Gasteiger partial charge is 0.469 e. The van der Waals surface area contributed by atoms with Gasteiger partial charge < -0.3 is 19.3 Å². The molecule has 0 aromatic rings. The van der Waals surface area contributed by atoms with Crippen LogP contribution in [0.2, 0.25) is 0 Å². The Morgan fingerprint density at radius 2 is 2.09 bits per heavy atom. The number of rotatable bonds is 4. The van der Waals surface area contributed by atoms with E-state index in [4.69, 9.17) is 9.47 Å². The minimum atomic E-state index is -0.276. The average molecular weight is 310 g/mol. The van der Waals surface area contributed by atoms with Gasteiger partial charge >= 0.3 is 5.97 Å². The van der Waals surface area contributed by atoms with Crippen LogP contribution in [0, 0.1) is 5.92 Å². The van der Waals surface area contributed by atoms with E-state index in [1.54, 1.807) is 0 Å². The number of methoxy groups -OCH3 is 1. The quantitative estimate of drug-likeness (QED) is 0.714. The van der Waals surface area contributed by atoms with Crippen molar-refractivity contribution in [2.75, 3.05) is 39.9 Å².